The Bertz CT molecular complexity index is 956. The van der Waals surface area contributed by atoms with Crippen LogP contribution in [-0.2, 0) is 22.4 Å². The Morgan fingerprint density at radius 1 is 0.833 bits per heavy atom. The molecule has 2 aliphatic rings. The van der Waals surface area contributed by atoms with Crippen molar-refractivity contribution < 1.29 is 19.5 Å². The van der Waals surface area contributed by atoms with E-state index in [2.05, 4.69) is 5.32 Å². The van der Waals surface area contributed by atoms with Crippen LogP contribution < -0.4 is 5.32 Å². The lowest BCUT2D eigenvalue weighted by molar-refractivity contribution is -0.124. The second kappa shape index (κ2) is 5.16. The summed E-state index contributed by atoms with van der Waals surface area (Å²) in [6.45, 7) is 0. The van der Waals surface area contributed by atoms with Gasteiger partial charge in [0, 0.05) is 11.1 Å². The summed E-state index contributed by atoms with van der Waals surface area (Å²) in [4.78, 5) is 36.0. The SMILES string of the molecule is O=C1NC(=O)C(c2ccc3c(c2)CCc2ccccc2C3=O)=C1O. The van der Waals surface area contributed by atoms with Crippen LogP contribution in [0.4, 0.5) is 0 Å². The summed E-state index contributed by atoms with van der Waals surface area (Å²) in [6.07, 6.45) is 1.37. The first kappa shape index (κ1) is 14.4. The lowest BCUT2D eigenvalue weighted by Crippen LogP contribution is -2.23. The molecule has 24 heavy (non-hydrogen) atoms. The molecule has 0 unspecified atom stereocenters. The number of imide groups is 1. The van der Waals surface area contributed by atoms with Crippen LogP contribution in [0.3, 0.4) is 0 Å². The van der Waals surface area contributed by atoms with Gasteiger partial charge in [0.2, 0.25) is 0 Å². The molecule has 0 fully saturated rings. The molecule has 4 rings (SSSR count). The van der Waals surface area contributed by atoms with Crippen LogP contribution in [0.2, 0.25) is 0 Å². The number of aliphatic hydroxyl groups is 1. The largest absolute Gasteiger partial charge is 0.502 e. The number of fused-ring (bicyclic) bond motifs is 2. The molecule has 1 aliphatic heterocycles. The van der Waals surface area contributed by atoms with Crippen molar-refractivity contribution >= 4 is 23.2 Å². The van der Waals surface area contributed by atoms with E-state index in [0.29, 0.717) is 29.5 Å². The minimum Gasteiger partial charge on any atom is -0.502 e. The van der Waals surface area contributed by atoms with Crippen LogP contribution in [-0.4, -0.2) is 22.7 Å². The van der Waals surface area contributed by atoms with Gasteiger partial charge in [-0.25, -0.2) is 0 Å². The van der Waals surface area contributed by atoms with Gasteiger partial charge in [0.15, 0.2) is 11.5 Å². The molecule has 0 aromatic heterocycles. The second-order valence-corrected chi connectivity index (χ2v) is 5.87. The molecule has 0 saturated heterocycles. The maximum absolute atomic E-state index is 12.7. The van der Waals surface area contributed by atoms with Crippen LogP contribution in [0.15, 0.2) is 48.2 Å². The van der Waals surface area contributed by atoms with Gasteiger partial charge in [-0.15, -0.1) is 0 Å². The van der Waals surface area contributed by atoms with Crippen LogP contribution in [0.1, 0.15) is 32.6 Å². The molecule has 2 aromatic rings. The molecular weight excluding hydrogens is 306 g/mol. The molecule has 118 valence electrons. The van der Waals surface area contributed by atoms with Gasteiger partial charge in [-0.2, -0.15) is 0 Å². The van der Waals surface area contributed by atoms with Crippen molar-refractivity contribution in [3.05, 3.63) is 76.0 Å². The minimum atomic E-state index is -0.798. The van der Waals surface area contributed by atoms with Crippen LogP contribution in [0, 0.1) is 0 Å². The smallest absolute Gasteiger partial charge is 0.293 e. The van der Waals surface area contributed by atoms with Gasteiger partial charge in [0.25, 0.3) is 11.8 Å². The molecule has 2 amide bonds. The molecule has 1 heterocycles. The van der Waals surface area contributed by atoms with E-state index in [1.165, 1.54) is 0 Å². The summed E-state index contributed by atoms with van der Waals surface area (Å²) in [5.74, 6) is -2.05. The molecule has 0 radical (unpaired) electrons. The van der Waals surface area contributed by atoms with E-state index in [4.69, 9.17) is 0 Å². The predicted octanol–water partition coefficient (Wildman–Crippen LogP) is 1.94. The second-order valence-electron chi connectivity index (χ2n) is 5.87. The van der Waals surface area contributed by atoms with Crippen molar-refractivity contribution in [2.24, 2.45) is 0 Å². The van der Waals surface area contributed by atoms with Gasteiger partial charge in [0.1, 0.15) is 0 Å². The van der Waals surface area contributed by atoms with E-state index >= 15 is 0 Å². The Morgan fingerprint density at radius 2 is 1.54 bits per heavy atom. The average molecular weight is 319 g/mol. The van der Waals surface area contributed by atoms with E-state index in [9.17, 15) is 19.5 Å². The number of ketones is 1. The number of aryl methyl sites for hydroxylation is 2. The van der Waals surface area contributed by atoms with Crippen molar-refractivity contribution in [2.45, 2.75) is 12.8 Å². The number of benzene rings is 2. The zero-order valence-electron chi connectivity index (χ0n) is 12.6. The number of nitrogens with one attached hydrogen (secondary N) is 1. The molecule has 0 atom stereocenters. The Labute approximate surface area is 137 Å². The summed E-state index contributed by atoms with van der Waals surface area (Å²) in [5, 5.41) is 11.9. The molecule has 2 aromatic carbocycles. The average Bonchev–Trinajstić information content (AvgIpc) is 2.76. The highest BCUT2D eigenvalue weighted by atomic mass is 16.3. The van der Waals surface area contributed by atoms with Crippen molar-refractivity contribution in [3.8, 4) is 0 Å². The normalized spacial score (nSPS) is 16.6. The van der Waals surface area contributed by atoms with E-state index < -0.39 is 17.6 Å². The Balaban J connectivity index is 1.83. The standard InChI is InChI=1S/C19H13NO4/c21-16-13-4-2-1-3-10(13)5-6-11-9-12(7-8-14(11)16)15-17(22)19(24)20-18(15)23/h1-4,7-9H,5-6H2,(H2,20,22,23,24). The molecule has 5 heteroatoms. The lowest BCUT2D eigenvalue weighted by atomic mass is 9.94. The highest BCUT2D eigenvalue weighted by Gasteiger charge is 2.32. The highest BCUT2D eigenvalue weighted by Crippen LogP contribution is 2.29. The van der Waals surface area contributed by atoms with Gasteiger partial charge in [-0.05, 0) is 29.5 Å². The van der Waals surface area contributed by atoms with Crippen LogP contribution in [0.5, 0.6) is 0 Å². The molecule has 2 N–H and O–H groups in total. The van der Waals surface area contributed by atoms with E-state index in [0.717, 1.165) is 11.1 Å². The lowest BCUT2D eigenvalue weighted by Gasteiger charge is -2.08. The third-order valence-electron chi connectivity index (χ3n) is 4.47. The van der Waals surface area contributed by atoms with E-state index in [1.54, 1.807) is 18.2 Å². The molecule has 5 nitrogen and oxygen atoms in total. The summed E-state index contributed by atoms with van der Waals surface area (Å²) in [5.41, 5.74) is 3.48. The monoisotopic (exact) mass is 319 g/mol. The third kappa shape index (κ3) is 2.06. The number of carbonyl (C=O) groups excluding carboxylic acids is 3. The van der Waals surface area contributed by atoms with Gasteiger partial charge in [-0.1, -0.05) is 42.5 Å². The maximum Gasteiger partial charge on any atom is 0.293 e. The topological polar surface area (TPSA) is 83.5 Å². The maximum atomic E-state index is 12.7. The predicted molar refractivity (Wildman–Crippen MR) is 86.4 cm³/mol. The number of hydrogen-bond acceptors (Lipinski definition) is 4. The van der Waals surface area contributed by atoms with Crippen molar-refractivity contribution in [2.75, 3.05) is 0 Å². The molecule has 0 bridgehead atoms. The molecule has 0 spiro atoms. The fourth-order valence-corrected chi connectivity index (χ4v) is 3.27. The molecule has 1 aliphatic carbocycles. The zero-order chi connectivity index (χ0) is 16.8. The summed E-state index contributed by atoms with van der Waals surface area (Å²) >= 11 is 0. The Kier molecular flexibility index (Phi) is 3.09. The highest BCUT2D eigenvalue weighted by molar-refractivity contribution is 6.35. The molecular formula is C19H13NO4. The van der Waals surface area contributed by atoms with Crippen LogP contribution >= 0.6 is 0 Å². The number of aliphatic hydroxyl groups excluding tert-OH is 1. The van der Waals surface area contributed by atoms with E-state index in [-0.39, 0.29) is 11.4 Å². The summed E-state index contributed by atoms with van der Waals surface area (Å²) in [7, 11) is 0. The van der Waals surface area contributed by atoms with Gasteiger partial charge in [0.05, 0.1) is 5.57 Å². The van der Waals surface area contributed by atoms with Gasteiger partial charge < -0.3 is 5.11 Å². The summed E-state index contributed by atoms with van der Waals surface area (Å²) < 4.78 is 0. The Morgan fingerprint density at radius 3 is 2.29 bits per heavy atom. The number of carbonyl (C=O) groups is 3. The fraction of sp³-hybridized carbons (Fsp3) is 0.105. The number of amides is 2. The first-order valence-electron chi connectivity index (χ1n) is 7.61. The minimum absolute atomic E-state index is 0.0444. The first-order valence-corrected chi connectivity index (χ1v) is 7.61. The van der Waals surface area contributed by atoms with Crippen molar-refractivity contribution in [1.29, 1.82) is 0 Å². The van der Waals surface area contributed by atoms with Gasteiger partial charge in [-0.3, -0.25) is 19.7 Å². The van der Waals surface area contributed by atoms with Gasteiger partial charge >= 0.3 is 0 Å². The first-order chi connectivity index (χ1) is 11.6. The van der Waals surface area contributed by atoms with Crippen molar-refractivity contribution in [3.63, 3.8) is 0 Å². The zero-order valence-corrected chi connectivity index (χ0v) is 12.6. The number of rotatable bonds is 1. The Hall–Kier alpha value is -3.21. The van der Waals surface area contributed by atoms with Crippen LogP contribution in [0.25, 0.3) is 5.57 Å². The summed E-state index contributed by atoms with van der Waals surface area (Å²) in [6, 6.07) is 12.5. The number of hydrogen-bond donors (Lipinski definition) is 2. The van der Waals surface area contributed by atoms with E-state index in [1.807, 2.05) is 24.3 Å². The third-order valence-corrected chi connectivity index (χ3v) is 4.47. The quantitative estimate of drug-likeness (QED) is 0.787. The fourth-order valence-electron chi connectivity index (χ4n) is 3.27. The van der Waals surface area contributed by atoms with Crippen molar-refractivity contribution in [1.82, 2.24) is 5.32 Å². The molecule has 0 saturated carbocycles.